The minimum Gasteiger partial charge on any atom is -0.380 e. The molecule has 0 atom stereocenters. The lowest BCUT2D eigenvalue weighted by molar-refractivity contribution is 0.0955. The number of ether oxygens (including phenoxy) is 1. The lowest BCUT2D eigenvalue weighted by atomic mass is 10.1. The summed E-state index contributed by atoms with van der Waals surface area (Å²) in [5.74, 6) is -0.0684. The molecule has 28 heavy (non-hydrogen) atoms. The molecule has 0 aliphatic heterocycles. The first-order valence-electron chi connectivity index (χ1n) is 9.05. The molecule has 0 fully saturated rings. The standard InChI is InChI=1S/C22H21N3O2S/c1-15-19-12-20(28-22(19)25(24-15)18-6-4-3-5-7-18)21(26)23-13-16-8-10-17(11-9-16)14-27-2/h3-12H,13-14H2,1-2H3,(H,23,26). The second kappa shape index (κ2) is 7.96. The van der Waals surface area contributed by atoms with Gasteiger partial charge in [0.05, 0.1) is 22.9 Å². The van der Waals surface area contributed by atoms with E-state index in [1.54, 1.807) is 7.11 Å². The van der Waals surface area contributed by atoms with Crippen LogP contribution in [0.1, 0.15) is 26.5 Å². The van der Waals surface area contributed by atoms with Gasteiger partial charge in [0.2, 0.25) is 0 Å². The highest BCUT2D eigenvalue weighted by Crippen LogP contribution is 2.30. The summed E-state index contributed by atoms with van der Waals surface area (Å²) >= 11 is 1.46. The molecule has 4 aromatic rings. The predicted molar refractivity (Wildman–Crippen MR) is 112 cm³/mol. The number of aromatic nitrogens is 2. The Balaban J connectivity index is 1.52. The fourth-order valence-corrected chi connectivity index (χ4v) is 4.19. The first kappa shape index (κ1) is 18.4. The maximum atomic E-state index is 12.7. The highest BCUT2D eigenvalue weighted by molar-refractivity contribution is 7.20. The fourth-order valence-electron chi connectivity index (χ4n) is 3.09. The number of aryl methyl sites for hydroxylation is 1. The van der Waals surface area contributed by atoms with Crippen molar-refractivity contribution in [2.24, 2.45) is 0 Å². The van der Waals surface area contributed by atoms with Crippen LogP contribution in [0, 0.1) is 6.92 Å². The van der Waals surface area contributed by atoms with Crippen LogP contribution in [0.4, 0.5) is 0 Å². The minimum absolute atomic E-state index is 0.0684. The number of carbonyl (C=O) groups is 1. The lowest BCUT2D eigenvalue weighted by Crippen LogP contribution is -2.21. The molecular formula is C22H21N3O2S. The molecule has 2 heterocycles. The molecule has 6 heteroatoms. The third kappa shape index (κ3) is 3.69. The predicted octanol–water partition coefficient (Wildman–Crippen LogP) is 4.47. The first-order valence-corrected chi connectivity index (χ1v) is 9.87. The summed E-state index contributed by atoms with van der Waals surface area (Å²) in [6, 6.07) is 20.0. The second-order valence-electron chi connectivity index (χ2n) is 6.59. The van der Waals surface area contributed by atoms with Crippen LogP contribution in [-0.2, 0) is 17.9 Å². The minimum atomic E-state index is -0.0684. The first-order chi connectivity index (χ1) is 13.7. The van der Waals surface area contributed by atoms with E-state index in [-0.39, 0.29) is 5.91 Å². The van der Waals surface area contributed by atoms with Crippen LogP contribution in [0.3, 0.4) is 0 Å². The van der Waals surface area contributed by atoms with Crippen molar-refractivity contribution in [1.29, 1.82) is 0 Å². The van der Waals surface area contributed by atoms with Gasteiger partial charge in [-0.3, -0.25) is 4.79 Å². The van der Waals surface area contributed by atoms with Gasteiger partial charge in [-0.15, -0.1) is 11.3 Å². The highest BCUT2D eigenvalue weighted by atomic mass is 32.1. The normalized spacial score (nSPS) is 11.1. The quantitative estimate of drug-likeness (QED) is 0.527. The summed E-state index contributed by atoms with van der Waals surface area (Å²) in [6.07, 6.45) is 0. The molecular weight excluding hydrogens is 370 g/mol. The summed E-state index contributed by atoms with van der Waals surface area (Å²) in [4.78, 5) is 14.3. The summed E-state index contributed by atoms with van der Waals surface area (Å²) in [6.45, 7) is 3.05. The van der Waals surface area contributed by atoms with Gasteiger partial charge in [-0.05, 0) is 36.2 Å². The summed E-state index contributed by atoms with van der Waals surface area (Å²) in [5.41, 5.74) is 4.08. The van der Waals surface area contributed by atoms with Crippen molar-refractivity contribution in [2.75, 3.05) is 7.11 Å². The van der Waals surface area contributed by atoms with E-state index in [1.807, 2.05) is 72.3 Å². The van der Waals surface area contributed by atoms with Crippen LogP contribution < -0.4 is 5.32 Å². The smallest absolute Gasteiger partial charge is 0.261 e. The van der Waals surface area contributed by atoms with Gasteiger partial charge < -0.3 is 10.1 Å². The van der Waals surface area contributed by atoms with Gasteiger partial charge in [-0.2, -0.15) is 5.10 Å². The molecule has 2 aromatic heterocycles. The van der Waals surface area contributed by atoms with E-state index in [0.717, 1.165) is 32.7 Å². The lowest BCUT2D eigenvalue weighted by Gasteiger charge is -2.05. The zero-order valence-corrected chi connectivity index (χ0v) is 16.6. The molecule has 4 rings (SSSR count). The molecule has 5 nitrogen and oxygen atoms in total. The summed E-state index contributed by atoms with van der Waals surface area (Å²) in [7, 11) is 1.68. The van der Waals surface area contributed by atoms with Gasteiger partial charge in [-0.25, -0.2) is 4.68 Å². The number of thiophene rings is 1. The summed E-state index contributed by atoms with van der Waals surface area (Å²) < 4.78 is 7.02. The van der Waals surface area contributed by atoms with Crippen molar-refractivity contribution in [1.82, 2.24) is 15.1 Å². The Hall–Kier alpha value is -2.96. The number of methoxy groups -OCH3 is 1. The van der Waals surface area contributed by atoms with Crippen molar-refractivity contribution in [3.05, 3.63) is 82.4 Å². The zero-order chi connectivity index (χ0) is 19.5. The average molecular weight is 391 g/mol. The van der Waals surface area contributed by atoms with Gasteiger partial charge in [0.1, 0.15) is 4.83 Å². The molecule has 0 saturated heterocycles. The number of fused-ring (bicyclic) bond motifs is 1. The maximum Gasteiger partial charge on any atom is 0.261 e. The Labute approximate surface area is 167 Å². The number of amides is 1. The topological polar surface area (TPSA) is 56.1 Å². The number of nitrogens with one attached hydrogen (secondary N) is 1. The molecule has 0 aliphatic carbocycles. The summed E-state index contributed by atoms with van der Waals surface area (Å²) in [5, 5.41) is 8.65. The fraction of sp³-hybridized carbons (Fsp3) is 0.182. The number of nitrogens with zero attached hydrogens (tertiary/aromatic N) is 2. The highest BCUT2D eigenvalue weighted by Gasteiger charge is 2.17. The van der Waals surface area contributed by atoms with Crippen LogP contribution in [0.5, 0.6) is 0 Å². The van der Waals surface area contributed by atoms with Gasteiger partial charge in [0.15, 0.2) is 0 Å². The van der Waals surface area contributed by atoms with Gasteiger partial charge in [0.25, 0.3) is 5.91 Å². The Kier molecular flexibility index (Phi) is 5.23. The van der Waals surface area contributed by atoms with Crippen molar-refractivity contribution >= 4 is 27.5 Å². The van der Waals surface area contributed by atoms with E-state index in [4.69, 9.17) is 4.74 Å². The van der Waals surface area contributed by atoms with E-state index in [0.29, 0.717) is 18.0 Å². The second-order valence-corrected chi connectivity index (χ2v) is 7.63. The number of rotatable bonds is 6. The van der Waals surface area contributed by atoms with Crippen LogP contribution in [0.15, 0.2) is 60.7 Å². The number of hydrogen-bond acceptors (Lipinski definition) is 4. The van der Waals surface area contributed by atoms with E-state index in [1.165, 1.54) is 11.3 Å². The van der Waals surface area contributed by atoms with E-state index >= 15 is 0 Å². The van der Waals surface area contributed by atoms with Crippen LogP contribution in [-0.4, -0.2) is 22.8 Å². The van der Waals surface area contributed by atoms with Gasteiger partial charge in [-0.1, -0.05) is 42.5 Å². The van der Waals surface area contributed by atoms with Gasteiger partial charge >= 0.3 is 0 Å². The van der Waals surface area contributed by atoms with E-state index in [9.17, 15) is 4.79 Å². The molecule has 0 radical (unpaired) electrons. The molecule has 142 valence electrons. The SMILES string of the molecule is COCc1ccc(CNC(=O)c2cc3c(C)nn(-c4ccccc4)c3s2)cc1. The number of benzene rings is 2. The van der Waals surface area contributed by atoms with Crippen molar-refractivity contribution in [3.63, 3.8) is 0 Å². The zero-order valence-electron chi connectivity index (χ0n) is 15.8. The van der Waals surface area contributed by atoms with Crippen molar-refractivity contribution in [2.45, 2.75) is 20.1 Å². The van der Waals surface area contributed by atoms with Crippen molar-refractivity contribution in [3.8, 4) is 5.69 Å². The Morgan fingerprint density at radius 1 is 1.11 bits per heavy atom. The number of hydrogen-bond donors (Lipinski definition) is 1. The number of carbonyl (C=O) groups excluding carboxylic acids is 1. The van der Waals surface area contributed by atoms with Crippen LogP contribution >= 0.6 is 11.3 Å². The Bertz CT molecular complexity index is 1100. The molecule has 0 bridgehead atoms. The monoisotopic (exact) mass is 391 g/mol. The van der Waals surface area contributed by atoms with E-state index in [2.05, 4.69) is 10.4 Å². The third-order valence-electron chi connectivity index (χ3n) is 4.56. The Morgan fingerprint density at radius 2 is 1.82 bits per heavy atom. The van der Waals surface area contributed by atoms with E-state index < -0.39 is 0 Å². The Morgan fingerprint density at radius 3 is 2.54 bits per heavy atom. The molecule has 2 aromatic carbocycles. The largest absolute Gasteiger partial charge is 0.380 e. The molecule has 0 spiro atoms. The van der Waals surface area contributed by atoms with Crippen LogP contribution in [0.2, 0.25) is 0 Å². The number of para-hydroxylation sites is 1. The molecule has 0 unspecified atom stereocenters. The average Bonchev–Trinajstić information content (AvgIpc) is 3.29. The molecule has 0 aliphatic rings. The molecule has 1 amide bonds. The van der Waals surface area contributed by atoms with Crippen molar-refractivity contribution < 1.29 is 9.53 Å². The third-order valence-corrected chi connectivity index (χ3v) is 5.67. The maximum absolute atomic E-state index is 12.7. The molecule has 0 saturated carbocycles. The van der Waals surface area contributed by atoms with Gasteiger partial charge in [0, 0.05) is 19.0 Å². The van der Waals surface area contributed by atoms with Crippen LogP contribution in [0.25, 0.3) is 15.9 Å². The molecule has 1 N–H and O–H groups in total.